The molecule has 2 aromatic carbocycles. The number of hydrogen-bond acceptors (Lipinski definition) is 2. The third-order valence-electron chi connectivity index (χ3n) is 3.98. The second kappa shape index (κ2) is 7.74. The molecule has 0 aliphatic carbocycles. The van der Waals surface area contributed by atoms with E-state index in [1.807, 2.05) is 74.5 Å². The molecule has 0 aromatic heterocycles. The molecule has 2 N–H and O–H groups in total. The summed E-state index contributed by atoms with van der Waals surface area (Å²) in [7, 11) is 0. The van der Waals surface area contributed by atoms with Gasteiger partial charge in [-0.3, -0.25) is 0 Å². The summed E-state index contributed by atoms with van der Waals surface area (Å²) in [6, 6.07) is 11.9. The molecule has 2 aromatic rings. The molecular formula is C20H22O2. The number of hydrogen-bond donors (Lipinski definition) is 2. The largest absolute Gasteiger partial charge is 0.392 e. The lowest BCUT2D eigenvalue weighted by Crippen LogP contribution is -1.91. The van der Waals surface area contributed by atoms with Crippen LogP contribution in [0.25, 0.3) is 12.2 Å². The quantitative estimate of drug-likeness (QED) is 0.818. The average Bonchev–Trinajstić information content (AvgIpc) is 2.54. The lowest BCUT2D eigenvalue weighted by molar-refractivity contribution is 0.281. The van der Waals surface area contributed by atoms with Crippen molar-refractivity contribution >= 4 is 12.2 Å². The van der Waals surface area contributed by atoms with Crippen LogP contribution in [0.4, 0.5) is 0 Å². The fourth-order valence-electron chi connectivity index (χ4n) is 2.43. The van der Waals surface area contributed by atoms with E-state index >= 15 is 0 Å². The highest BCUT2D eigenvalue weighted by Gasteiger charge is 2.00. The van der Waals surface area contributed by atoms with Gasteiger partial charge in [0.05, 0.1) is 13.2 Å². The van der Waals surface area contributed by atoms with E-state index in [1.54, 1.807) is 0 Å². The maximum Gasteiger partial charge on any atom is 0.0684 e. The summed E-state index contributed by atoms with van der Waals surface area (Å²) in [6.45, 7) is 4.17. The predicted octanol–water partition coefficient (Wildman–Crippen LogP) is 4.01. The molecule has 0 aliphatic rings. The van der Waals surface area contributed by atoms with E-state index in [2.05, 4.69) is 0 Å². The molecule has 0 saturated carbocycles. The molecule has 0 aliphatic heterocycles. The minimum absolute atomic E-state index is 0.0660. The van der Waals surface area contributed by atoms with Gasteiger partial charge in [-0.1, -0.05) is 60.7 Å². The van der Waals surface area contributed by atoms with Crippen LogP contribution < -0.4 is 0 Å². The lowest BCUT2D eigenvalue weighted by Gasteiger charge is -2.06. The molecule has 0 spiro atoms. The Morgan fingerprint density at radius 2 is 1.14 bits per heavy atom. The van der Waals surface area contributed by atoms with Gasteiger partial charge in [0.25, 0.3) is 0 Å². The van der Waals surface area contributed by atoms with Crippen molar-refractivity contribution in [2.24, 2.45) is 0 Å². The molecule has 2 heteroatoms. The first-order valence-corrected chi connectivity index (χ1v) is 7.40. The average molecular weight is 294 g/mol. The summed E-state index contributed by atoms with van der Waals surface area (Å²) in [6.07, 6.45) is 8.07. The van der Waals surface area contributed by atoms with E-state index in [9.17, 15) is 10.2 Å². The van der Waals surface area contributed by atoms with Gasteiger partial charge in [-0.25, -0.2) is 0 Å². The predicted molar refractivity (Wildman–Crippen MR) is 92.3 cm³/mol. The molecular weight excluding hydrogens is 272 g/mol. The van der Waals surface area contributed by atoms with Gasteiger partial charge in [0.1, 0.15) is 0 Å². The van der Waals surface area contributed by atoms with Crippen LogP contribution in [0.15, 0.2) is 48.6 Å². The molecule has 0 heterocycles. The zero-order valence-electron chi connectivity index (χ0n) is 13.1. The van der Waals surface area contributed by atoms with Crippen LogP contribution in [0.2, 0.25) is 0 Å². The Kier molecular flexibility index (Phi) is 5.70. The molecule has 0 bridgehead atoms. The molecule has 0 unspecified atom stereocenters. The second-order valence-corrected chi connectivity index (χ2v) is 5.30. The lowest BCUT2D eigenvalue weighted by atomic mass is 10.0. The first-order valence-electron chi connectivity index (χ1n) is 7.40. The van der Waals surface area contributed by atoms with E-state index in [0.717, 1.165) is 33.4 Å². The van der Waals surface area contributed by atoms with E-state index < -0.39 is 0 Å². The van der Waals surface area contributed by atoms with Gasteiger partial charge in [-0.2, -0.15) is 0 Å². The van der Waals surface area contributed by atoms with Gasteiger partial charge < -0.3 is 10.2 Å². The van der Waals surface area contributed by atoms with Gasteiger partial charge in [0.15, 0.2) is 0 Å². The van der Waals surface area contributed by atoms with Crippen LogP contribution in [0.5, 0.6) is 0 Å². The van der Waals surface area contributed by atoms with Crippen molar-refractivity contribution in [3.05, 3.63) is 81.9 Å². The van der Waals surface area contributed by atoms with Crippen molar-refractivity contribution in [3.8, 4) is 0 Å². The number of allylic oxidation sites excluding steroid dienone is 2. The van der Waals surface area contributed by atoms with Crippen LogP contribution in [-0.4, -0.2) is 10.2 Å². The topological polar surface area (TPSA) is 40.5 Å². The third kappa shape index (κ3) is 3.73. The highest BCUT2D eigenvalue weighted by Crippen LogP contribution is 2.17. The van der Waals surface area contributed by atoms with Crippen LogP contribution in [0.3, 0.4) is 0 Å². The fourth-order valence-corrected chi connectivity index (χ4v) is 2.43. The van der Waals surface area contributed by atoms with Crippen molar-refractivity contribution in [2.75, 3.05) is 0 Å². The zero-order chi connectivity index (χ0) is 15.9. The molecule has 0 saturated heterocycles. The van der Waals surface area contributed by atoms with Gasteiger partial charge in [0.2, 0.25) is 0 Å². The number of rotatable bonds is 5. The molecule has 114 valence electrons. The Bertz CT molecular complexity index is 635. The van der Waals surface area contributed by atoms with Gasteiger partial charge in [-0.15, -0.1) is 0 Å². The smallest absolute Gasteiger partial charge is 0.0684 e. The second-order valence-electron chi connectivity index (χ2n) is 5.30. The number of benzene rings is 2. The minimum atomic E-state index is 0.0660. The summed E-state index contributed by atoms with van der Waals surface area (Å²) in [5.41, 5.74) is 6.34. The normalized spacial score (nSPS) is 11.6. The number of aliphatic hydroxyl groups is 2. The van der Waals surface area contributed by atoms with Gasteiger partial charge in [-0.05, 0) is 47.2 Å². The number of aliphatic hydroxyl groups excluding tert-OH is 2. The Morgan fingerprint density at radius 1 is 0.727 bits per heavy atom. The first-order chi connectivity index (χ1) is 10.7. The Labute approximate surface area is 132 Å². The van der Waals surface area contributed by atoms with Crippen molar-refractivity contribution < 1.29 is 10.2 Å². The summed E-state index contributed by atoms with van der Waals surface area (Å²) in [5, 5.41) is 18.6. The van der Waals surface area contributed by atoms with Crippen molar-refractivity contribution in [1.82, 2.24) is 0 Å². The van der Waals surface area contributed by atoms with E-state index in [1.165, 1.54) is 0 Å². The van der Waals surface area contributed by atoms with E-state index in [0.29, 0.717) is 0 Å². The van der Waals surface area contributed by atoms with Crippen molar-refractivity contribution in [3.63, 3.8) is 0 Å². The van der Waals surface area contributed by atoms with Gasteiger partial charge in [0, 0.05) is 0 Å². The first kappa shape index (κ1) is 16.2. The standard InChI is InChI=1S/C20H22O2/c1-15-17(9-5-11-19(15)13-21)7-3-4-8-18-10-6-12-20(14-22)16(18)2/h3-12,21-22H,13-14H2,1-2H3/b7-3+,8-4+. The summed E-state index contributed by atoms with van der Waals surface area (Å²) >= 11 is 0. The van der Waals surface area contributed by atoms with E-state index in [4.69, 9.17) is 0 Å². The monoisotopic (exact) mass is 294 g/mol. The van der Waals surface area contributed by atoms with Crippen LogP contribution >= 0.6 is 0 Å². The minimum Gasteiger partial charge on any atom is -0.392 e. The van der Waals surface area contributed by atoms with Crippen LogP contribution in [0.1, 0.15) is 33.4 Å². The highest BCUT2D eigenvalue weighted by molar-refractivity contribution is 5.61. The summed E-state index contributed by atoms with van der Waals surface area (Å²) < 4.78 is 0. The Balaban J connectivity index is 2.16. The summed E-state index contributed by atoms with van der Waals surface area (Å²) in [5.74, 6) is 0. The molecule has 0 atom stereocenters. The van der Waals surface area contributed by atoms with Crippen molar-refractivity contribution in [2.45, 2.75) is 27.1 Å². The Hall–Kier alpha value is -2.16. The maximum atomic E-state index is 9.28. The molecule has 0 radical (unpaired) electrons. The van der Waals surface area contributed by atoms with Crippen LogP contribution in [0, 0.1) is 13.8 Å². The SMILES string of the molecule is Cc1c(/C=C/C=C/c2cccc(CO)c2C)cccc1CO. The van der Waals surface area contributed by atoms with Gasteiger partial charge >= 0.3 is 0 Å². The Morgan fingerprint density at radius 3 is 1.50 bits per heavy atom. The molecule has 2 rings (SSSR count). The molecule has 0 amide bonds. The van der Waals surface area contributed by atoms with Crippen molar-refractivity contribution in [1.29, 1.82) is 0 Å². The maximum absolute atomic E-state index is 9.28. The molecule has 0 fully saturated rings. The molecule has 2 nitrogen and oxygen atoms in total. The summed E-state index contributed by atoms with van der Waals surface area (Å²) in [4.78, 5) is 0. The highest BCUT2D eigenvalue weighted by atomic mass is 16.3. The zero-order valence-corrected chi connectivity index (χ0v) is 13.1. The van der Waals surface area contributed by atoms with Crippen LogP contribution in [-0.2, 0) is 13.2 Å². The fraction of sp³-hybridized carbons (Fsp3) is 0.200. The third-order valence-corrected chi connectivity index (χ3v) is 3.98. The van der Waals surface area contributed by atoms with E-state index in [-0.39, 0.29) is 13.2 Å². The molecule has 22 heavy (non-hydrogen) atoms.